The number of likely N-dealkylation sites (N-methyl/N-ethyl adjacent to an activating group) is 1. The van der Waals surface area contributed by atoms with E-state index in [1.54, 1.807) is 0 Å². The van der Waals surface area contributed by atoms with Gasteiger partial charge in [-0.25, -0.2) is 0 Å². The Kier molecular flexibility index (Phi) is 4.58. The summed E-state index contributed by atoms with van der Waals surface area (Å²) < 4.78 is 11.3. The Bertz CT molecular complexity index is 399. The second-order valence-electron chi connectivity index (χ2n) is 5.58. The van der Waals surface area contributed by atoms with Gasteiger partial charge >= 0.3 is 0 Å². The first-order valence-corrected chi connectivity index (χ1v) is 7.26. The van der Waals surface area contributed by atoms with Gasteiger partial charge in [0.1, 0.15) is 5.60 Å². The molecule has 0 spiro atoms. The quantitative estimate of drug-likeness (QED) is 0.888. The molecule has 1 aromatic heterocycles. The Morgan fingerprint density at radius 1 is 1.42 bits per heavy atom. The van der Waals surface area contributed by atoms with Gasteiger partial charge in [-0.15, -0.1) is 0 Å². The molecule has 3 atom stereocenters. The molecule has 19 heavy (non-hydrogen) atoms. The van der Waals surface area contributed by atoms with E-state index in [1.807, 2.05) is 7.05 Å². The van der Waals surface area contributed by atoms with Crippen LogP contribution in [0.1, 0.15) is 64.1 Å². The molecule has 5 heteroatoms. The van der Waals surface area contributed by atoms with E-state index in [0.717, 1.165) is 38.2 Å². The van der Waals surface area contributed by atoms with Crippen LogP contribution in [-0.4, -0.2) is 29.8 Å². The maximum atomic E-state index is 5.86. The van der Waals surface area contributed by atoms with Crippen molar-refractivity contribution in [1.29, 1.82) is 0 Å². The lowest BCUT2D eigenvalue weighted by atomic mass is 9.95. The summed E-state index contributed by atoms with van der Waals surface area (Å²) in [4.78, 5) is 4.60. The lowest BCUT2D eigenvalue weighted by Crippen LogP contribution is -2.32. The van der Waals surface area contributed by atoms with E-state index in [0.29, 0.717) is 11.9 Å². The highest BCUT2D eigenvalue weighted by molar-refractivity contribution is 5.04. The molecule has 0 bridgehead atoms. The predicted molar refractivity (Wildman–Crippen MR) is 73.0 cm³/mol. The van der Waals surface area contributed by atoms with Crippen LogP contribution in [0.15, 0.2) is 4.52 Å². The second-order valence-corrected chi connectivity index (χ2v) is 5.58. The molecule has 1 fully saturated rings. The van der Waals surface area contributed by atoms with Gasteiger partial charge in [-0.05, 0) is 46.6 Å². The number of nitrogens with one attached hydrogen (secondary N) is 1. The Morgan fingerprint density at radius 2 is 2.21 bits per heavy atom. The van der Waals surface area contributed by atoms with Gasteiger partial charge in [0.25, 0.3) is 0 Å². The fraction of sp³-hybridized carbons (Fsp3) is 0.857. The molecule has 2 rings (SSSR count). The largest absolute Gasteiger partial charge is 0.367 e. The van der Waals surface area contributed by atoms with Crippen molar-refractivity contribution in [3.05, 3.63) is 11.7 Å². The smallest absolute Gasteiger partial charge is 0.231 e. The van der Waals surface area contributed by atoms with E-state index < -0.39 is 0 Å². The standard InChI is InChI=1S/C14H25N3O2/c1-5-11(10(2)15-4)12-16-13(17-19-12)14(3)8-6-7-9-18-14/h10-11,15H,5-9H2,1-4H3. The fourth-order valence-corrected chi connectivity index (χ4v) is 2.65. The maximum absolute atomic E-state index is 5.86. The first kappa shape index (κ1) is 14.5. The number of hydrogen-bond acceptors (Lipinski definition) is 5. The van der Waals surface area contributed by atoms with Crippen molar-refractivity contribution in [3.8, 4) is 0 Å². The summed E-state index contributed by atoms with van der Waals surface area (Å²) in [5.74, 6) is 1.66. The normalized spacial score (nSPS) is 27.2. The van der Waals surface area contributed by atoms with Crippen LogP contribution < -0.4 is 5.32 Å². The van der Waals surface area contributed by atoms with Crippen LogP contribution in [0.5, 0.6) is 0 Å². The van der Waals surface area contributed by atoms with E-state index in [4.69, 9.17) is 9.26 Å². The molecule has 108 valence electrons. The summed E-state index contributed by atoms with van der Waals surface area (Å²) in [6.07, 6.45) is 4.21. The van der Waals surface area contributed by atoms with Crippen molar-refractivity contribution in [1.82, 2.24) is 15.5 Å². The minimum Gasteiger partial charge on any atom is -0.367 e. The van der Waals surface area contributed by atoms with Gasteiger partial charge in [0.2, 0.25) is 11.7 Å². The lowest BCUT2D eigenvalue weighted by molar-refractivity contribution is -0.0770. The molecule has 3 unspecified atom stereocenters. The second kappa shape index (κ2) is 6.01. The zero-order chi connectivity index (χ0) is 13.9. The SMILES string of the molecule is CCC(c1nc(C2(C)CCCCO2)no1)C(C)NC. The first-order chi connectivity index (χ1) is 9.10. The molecule has 0 amide bonds. The first-order valence-electron chi connectivity index (χ1n) is 7.26. The highest BCUT2D eigenvalue weighted by atomic mass is 16.5. The van der Waals surface area contributed by atoms with Crippen molar-refractivity contribution < 1.29 is 9.26 Å². The number of nitrogens with zero attached hydrogens (tertiary/aromatic N) is 2. The van der Waals surface area contributed by atoms with Gasteiger partial charge in [0.05, 0.1) is 5.92 Å². The van der Waals surface area contributed by atoms with E-state index in [9.17, 15) is 0 Å². The van der Waals surface area contributed by atoms with E-state index >= 15 is 0 Å². The van der Waals surface area contributed by atoms with Gasteiger partial charge in [-0.1, -0.05) is 12.1 Å². The van der Waals surface area contributed by atoms with Crippen LogP contribution >= 0.6 is 0 Å². The minimum atomic E-state index is -0.374. The Labute approximate surface area is 115 Å². The van der Waals surface area contributed by atoms with Crippen LogP contribution in [0.3, 0.4) is 0 Å². The molecular formula is C14H25N3O2. The number of aromatic nitrogens is 2. The molecule has 5 nitrogen and oxygen atoms in total. The molecule has 1 N–H and O–H groups in total. The predicted octanol–water partition coefficient (Wildman–Crippen LogP) is 2.59. The Morgan fingerprint density at radius 3 is 2.79 bits per heavy atom. The third-order valence-corrected chi connectivity index (χ3v) is 4.20. The topological polar surface area (TPSA) is 60.2 Å². The number of rotatable bonds is 5. The average molecular weight is 267 g/mol. The monoisotopic (exact) mass is 267 g/mol. The molecule has 0 aliphatic carbocycles. The van der Waals surface area contributed by atoms with Gasteiger partial charge in [-0.3, -0.25) is 0 Å². The van der Waals surface area contributed by atoms with Crippen LogP contribution in [0.25, 0.3) is 0 Å². The average Bonchev–Trinajstić information content (AvgIpc) is 2.90. The molecule has 1 aliphatic rings. The fourth-order valence-electron chi connectivity index (χ4n) is 2.65. The Hall–Kier alpha value is -0.940. The summed E-state index contributed by atoms with van der Waals surface area (Å²) in [5, 5.41) is 7.41. The van der Waals surface area contributed by atoms with Crippen molar-refractivity contribution in [2.24, 2.45) is 0 Å². The van der Waals surface area contributed by atoms with Crippen molar-refractivity contribution in [2.45, 2.75) is 64.0 Å². The molecular weight excluding hydrogens is 242 g/mol. The minimum absolute atomic E-state index is 0.249. The van der Waals surface area contributed by atoms with Gasteiger partial charge < -0.3 is 14.6 Å². The third kappa shape index (κ3) is 2.98. The van der Waals surface area contributed by atoms with Gasteiger partial charge in [0.15, 0.2) is 0 Å². The van der Waals surface area contributed by atoms with Gasteiger partial charge in [0, 0.05) is 12.6 Å². The van der Waals surface area contributed by atoms with E-state index in [1.165, 1.54) is 0 Å². The van der Waals surface area contributed by atoms with E-state index in [2.05, 4.69) is 36.2 Å². The molecule has 0 saturated carbocycles. The molecule has 1 saturated heterocycles. The zero-order valence-electron chi connectivity index (χ0n) is 12.4. The van der Waals surface area contributed by atoms with Crippen LogP contribution in [0.4, 0.5) is 0 Å². The van der Waals surface area contributed by atoms with Crippen molar-refractivity contribution in [3.63, 3.8) is 0 Å². The molecule has 1 aromatic rings. The van der Waals surface area contributed by atoms with Gasteiger partial charge in [-0.2, -0.15) is 4.98 Å². The molecule has 2 heterocycles. The van der Waals surface area contributed by atoms with E-state index in [-0.39, 0.29) is 11.5 Å². The van der Waals surface area contributed by atoms with Crippen LogP contribution in [0.2, 0.25) is 0 Å². The molecule has 0 aromatic carbocycles. The van der Waals surface area contributed by atoms with Crippen molar-refractivity contribution >= 4 is 0 Å². The molecule has 1 aliphatic heterocycles. The van der Waals surface area contributed by atoms with Crippen LogP contribution in [-0.2, 0) is 10.3 Å². The molecule has 0 radical (unpaired) electrons. The summed E-state index contributed by atoms with van der Waals surface area (Å²) in [5.41, 5.74) is -0.374. The van der Waals surface area contributed by atoms with Crippen LogP contribution in [0, 0.1) is 0 Å². The summed E-state index contributed by atoms with van der Waals surface area (Å²) in [7, 11) is 1.95. The third-order valence-electron chi connectivity index (χ3n) is 4.20. The number of ether oxygens (including phenoxy) is 1. The number of hydrogen-bond donors (Lipinski definition) is 1. The highest BCUT2D eigenvalue weighted by Crippen LogP contribution is 2.34. The maximum Gasteiger partial charge on any atom is 0.231 e. The lowest BCUT2D eigenvalue weighted by Gasteiger charge is -2.30. The van der Waals surface area contributed by atoms with Crippen molar-refractivity contribution in [2.75, 3.05) is 13.7 Å². The Balaban J connectivity index is 2.17. The highest BCUT2D eigenvalue weighted by Gasteiger charge is 2.36. The summed E-state index contributed by atoms with van der Waals surface area (Å²) in [6, 6.07) is 0.318. The summed E-state index contributed by atoms with van der Waals surface area (Å²) >= 11 is 0. The zero-order valence-corrected chi connectivity index (χ0v) is 12.4. The summed E-state index contributed by atoms with van der Waals surface area (Å²) in [6.45, 7) is 7.12.